The summed E-state index contributed by atoms with van der Waals surface area (Å²) >= 11 is 1.19. The van der Waals surface area contributed by atoms with Gasteiger partial charge >= 0.3 is 0 Å². The number of hydrogen-bond acceptors (Lipinski definition) is 7. The number of allylic oxidation sites excluding steroid dienone is 2. The Labute approximate surface area is 192 Å². The van der Waals surface area contributed by atoms with Gasteiger partial charge in [-0.3, -0.25) is 4.79 Å². The lowest BCUT2D eigenvalue weighted by Gasteiger charge is -2.23. The molecule has 0 radical (unpaired) electrons. The molecule has 1 atom stereocenters. The maximum Gasteiger partial charge on any atom is 0.255 e. The largest absolute Gasteiger partial charge is 0.496 e. The molecule has 7 heteroatoms. The lowest BCUT2D eigenvalue weighted by Crippen LogP contribution is -2.05. The number of hydrogen-bond donors (Lipinski definition) is 0. The summed E-state index contributed by atoms with van der Waals surface area (Å²) in [6.07, 6.45) is 4.22. The first kappa shape index (κ1) is 23.6. The van der Waals surface area contributed by atoms with Crippen molar-refractivity contribution in [3.63, 3.8) is 0 Å². The first-order valence-corrected chi connectivity index (χ1v) is 11.0. The van der Waals surface area contributed by atoms with Crippen LogP contribution in [-0.2, 0) is 0 Å². The topological polar surface area (TPSA) is 67.1 Å². The van der Waals surface area contributed by atoms with Gasteiger partial charge in [0, 0.05) is 10.8 Å². The molecular formula is C25H28O6S. The Hall–Kier alpha value is -3.06. The van der Waals surface area contributed by atoms with E-state index in [-0.39, 0.29) is 10.4 Å². The lowest BCUT2D eigenvalue weighted by molar-refractivity contribution is 0.106. The van der Waals surface area contributed by atoms with Crippen molar-refractivity contribution in [2.45, 2.75) is 25.5 Å². The van der Waals surface area contributed by atoms with Gasteiger partial charge in [0.1, 0.15) is 23.0 Å². The van der Waals surface area contributed by atoms with Crippen LogP contribution in [0.1, 0.15) is 41.6 Å². The van der Waals surface area contributed by atoms with Crippen LogP contribution in [0.25, 0.3) is 10.8 Å². The van der Waals surface area contributed by atoms with Gasteiger partial charge in [0.15, 0.2) is 5.76 Å². The summed E-state index contributed by atoms with van der Waals surface area (Å²) in [7, 11) is 6.43. The van der Waals surface area contributed by atoms with E-state index in [1.807, 2.05) is 32.0 Å². The summed E-state index contributed by atoms with van der Waals surface area (Å²) in [5.74, 6) is 2.80. The second-order valence-electron chi connectivity index (χ2n) is 7.31. The average Bonchev–Trinajstić information content (AvgIpc) is 3.34. The van der Waals surface area contributed by atoms with Gasteiger partial charge in [0.25, 0.3) is 5.12 Å². The monoisotopic (exact) mass is 456 g/mol. The fourth-order valence-electron chi connectivity index (χ4n) is 3.58. The molecule has 3 rings (SSSR count). The highest BCUT2D eigenvalue weighted by Crippen LogP contribution is 2.50. The van der Waals surface area contributed by atoms with E-state index >= 15 is 0 Å². The normalized spacial score (nSPS) is 11.7. The van der Waals surface area contributed by atoms with Crippen molar-refractivity contribution in [2.75, 3.05) is 28.4 Å². The van der Waals surface area contributed by atoms with Crippen LogP contribution in [0, 0.1) is 0 Å². The van der Waals surface area contributed by atoms with Gasteiger partial charge < -0.3 is 23.4 Å². The SMILES string of the molecule is COc1ccc(OC)c2c(OC)c(C(CC=C(C)C)SC(=O)c3ccco3)cc(OC)c12. The maximum absolute atomic E-state index is 12.9. The van der Waals surface area contributed by atoms with Crippen molar-refractivity contribution in [1.29, 1.82) is 0 Å². The number of methoxy groups -OCH3 is 4. The van der Waals surface area contributed by atoms with E-state index in [1.165, 1.54) is 18.0 Å². The molecule has 0 aliphatic rings. The van der Waals surface area contributed by atoms with Gasteiger partial charge in [-0.2, -0.15) is 0 Å². The first-order valence-electron chi connectivity index (χ1n) is 10.1. The molecule has 6 nitrogen and oxygen atoms in total. The molecule has 0 saturated heterocycles. The highest BCUT2D eigenvalue weighted by molar-refractivity contribution is 8.14. The van der Waals surface area contributed by atoms with Crippen molar-refractivity contribution in [1.82, 2.24) is 0 Å². The van der Waals surface area contributed by atoms with Crippen LogP contribution in [0.4, 0.5) is 0 Å². The molecule has 0 N–H and O–H groups in total. The van der Waals surface area contributed by atoms with E-state index < -0.39 is 0 Å². The fourth-order valence-corrected chi connectivity index (χ4v) is 4.57. The molecule has 1 heterocycles. The van der Waals surface area contributed by atoms with Crippen LogP contribution < -0.4 is 18.9 Å². The summed E-state index contributed by atoms with van der Waals surface area (Å²) in [6, 6.07) is 8.95. The van der Waals surface area contributed by atoms with Crippen molar-refractivity contribution in [3.8, 4) is 23.0 Å². The zero-order chi connectivity index (χ0) is 23.3. The van der Waals surface area contributed by atoms with Crippen LogP contribution in [0.3, 0.4) is 0 Å². The Balaban J connectivity index is 2.26. The third-order valence-electron chi connectivity index (χ3n) is 5.07. The van der Waals surface area contributed by atoms with Crippen molar-refractivity contribution >= 4 is 27.6 Å². The number of carbonyl (C=O) groups is 1. The van der Waals surface area contributed by atoms with E-state index in [1.54, 1.807) is 40.6 Å². The molecule has 170 valence electrons. The number of thioether (sulfide) groups is 1. The third kappa shape index (κ3) is 4.72. The zero-order valence-corrected chi connectivity index (χ0v) is 20.0. The number of benzene rings is 2. The van der Waals surface area contributed by atoms with E-state index in [2.05, 4.69) is 6.08 Å². The van der Waals surface area contributed by atoms with Crippen molar-refractivity contribution in [3.05, 3.63) is 59.6 Å². The van der Waals surface area contributed by atoms with Gasteiger partial charge in [-0.05, 0) is 50.6 Å². The van der Waals surface area contributed by atoms with Crippen LogP contribution in [0.15, 0.2) is 52.7 Å². The smallest absolute Gasteiger partial charge is 0.255 e. The maximum atomic E-state index is 12.9. The molecule has 2 aromatic carbocycles. The number of carbonyl (C=O) groups excluding carboxylic acids is 1. The molecular weight excluding hydrogens is 428 g/mol. The quantitative estimate of drug-likeness (QED) is 0.343. The first-order chi connectivity index (χ1) is 15.4. The predicted octanol–water partition coefficient (Wildman–Crippen LogP) is 6.44. The fraction of sp³-hybridized carbons (Fsp3) is 0.320. The van der Waals surface area contributed by atoms with Crippen LogP contribution in [-0.4, -0.2) is 33.6 Å². The third-order valence-corrected chi connectivity index (χ3v) is 6.22. The number of ether oxygens (including phenoxy) is 4. The van der Waals surface area contributed by atoms with E-state index in [0.29, 0.717) is 35.2 Å². The summed E-state index contributed by atoms with van der Waals surface area (Å²) in [6.45, 7) is 4.06. The molecule has 3 aromatic rings. The second-order valence-corrected chi connectivity index (χ2v) is 8.49. The summed E-state index contributed by atoms with van der Waals surface area (Å²) < 4.78 is 28.2. The van der Waals surface area contributed by atoms with E-state index in [0.717, 1.165) is 21.9 Å². The summed E-state index contributed by atoms with van der Waals surface area (Å²) in [5, 5.41) is 1.09. The molecule has 0 amide bonds. The molecule has 0 saturated carbocycles. The molecule has 0 spiro atoms. The minimum Gasteiger partial charge on any atom is -0.496 e. The lowest BCUT2D eigenvalue weighted by atomic mass is 9.98. The average molecular weight is 457 g/mol. The predicted molar refractivity (Wildman–Crippen MR) is 128 cm³/mol. The Morgan fingerprint density at radius 3 is 2.16 bits per heavy atom. The molecule has 1 unspecified atom stereocenters. The van der Waals surface area contributed by atoms with E-state index in [9.17, 15) is 4.79 Å². The molecule has 1 aromatic heterocycles. The summed E-state index contributed by atoms with van der Waals surface area (Å²) in [5.41, 5.74) is 1.98. The van der Waals surface area contributed by atoms with Gasteiger partial charge in [0.05, 0.1) is 45.5 Å². The Bertz CT molecular complexity index is 1110. The van der Waals surface area contributed by atoms with E-state index in [4.69, 9.17) is 23.4 Å². The second kappa shape index (κ2) is 10.5. The standard InChI is InChI=1S/C25H28O6S/c1-15(2)9-12-21(32-25(26)19-8-7-13-31-19)16-14-20(29-5)22-17(27-3)10-11-18(28-4)23(22)24(16)30-6/h7-11,13-14,21H,12H2,1-6H3. The van der Waals surface area contributed by atoms with Crippen LogP contribution >= 0.6 is 11.8 Å². The Kier molecular flexibility index (Phi) is 7.75. The Morgan fingerprint density at radius 2 is 1.62 bits per heavy atom. The molecule has 0 bridgehead atoms. The van der Waals surface area contributed by atoms with Gasteiger partial charge in [-0.25, -0.2) is 0 Å². The number of furan rings is 1. The highest BCUT2D eigenvalue weighted by atomic mass is 32.2. The Morgan fingerprint density at radius 1 is 0.969 bits per heavy atom. The zero-order valence-electron chi connectivity index (χ0n) is 19.2. The summed E-state index contributed by atoms with van der Waals surface area (Å²) in [4.78, 5) is 12.9. The van der Waals surface area contributed by atoms with Crippen LogP contribution in [0.5, 0.6) is 23.0 Å². The molecule has 0 aliphatic heterocycles. The minimum absolute atomic E-state index is 0.152. The number of rotatable bonds is 9. The molecule has 0 fully saturated rings. The van der Waals surface area contributed by atoms with Crippen molar-refractivity contribution < 1.29 is 28.2 Å². The van der Waals surface area contributed by atoms with Crippen molar-refractivity contribution in [2.24, 2.45) is 0 Å². The highest BCUT2D eigenvalue weighted by Gasteiger charge is 2.27. The minimum atomic E-state index is -0.244. The van der Waals surface area contributed by atoms with Gasteiger partial charge in [0.2, 0.25) is 0 Å². The van der Waals surface area contributed by atoms with Gasteiger partial charge in [-0.15, -0.1) is 0 Å². The molecule has 32 heavy (non-hydrogen) atoms. The molecule has 0 aliphatic carbocycles. The van der Waals surface area contributed by atoms with Crippen LogP contribution in [0.2, 0.25) is 0 Å². The van der Waals surface area contributed by atoms with Gasteiger partial charge in [-0.1, -0.05) is 23.4 Å². The number of fused-ring (bicyclic) bond motifs is 1.